The Morgan fingerprint density at radius 2 is 1.96 bits per heavy atom. The van der Waals surface area contributed by atoms with Crippen LogP contribution in [0.25, 0.3) is 0 Å². The number of ether oxygens (including phenoxy) is 1. The average molecular weight is 379 g/mol. The van der Waals surface area contributed by atoms with Crippen LogP contribution in [-0.2, 0) is 20.7 Å². The summed E-state index contributed by atoms with van der Waals surface area (Å²) in [5.74, 6) is -2.13. The summed E-state index contributed by atoms with van der Waals surface area (Å²) in [6.07, 6.45) is 1.98. The molecule has 0 aliphatic carbocycles. The number of imide groups is 1. The highest BCUT2D eigenvalue weighted by Gasteiger charge is 2.13. The van der Waals surface area contributed by atoms with Crippen molar-refractivity contribution in [2.75, 3.05) is 19.7 Å². The molecule has 10 heteroatoms. The van der Waals surface area contributed by atoms with E-state index in [0.29, 0.717) is 13.0 Å². The number of thiophene rings is 1. The second-order valence-corrected chi connectivity index (χ2v) is 5.99. The Morgan fingerprint density at radius 3 is 2.65 bits per heavy atom. The summed E-state index contributed by atoms with van der Waals surface area (Å²) in [5, 5.41) is 8.77. The molecule has 2 aromatic heterocycles. The summed E-state index contributed by atoms with van der Waals surface area (Å²) in [4.78, 5) is 47.2. The van der Waals surface area contributed by atoms with Gasteiger partial charge in [-0.3, -0.25) is 19.7 Å². The van der Waals surface area contributed by atoms with E-state index < -0.39 is 37.0 Å². The molecule has 0 unspecified atom stereocenters. The van der Waals surface area contributed by atoms with Gasteiger partial charge in [-0.15, -0.1) is 11.3 Å². The fourth-order valence-electron chi connectivity index (χ4n) is 1.81. The fraction of sp³-hybridized carbons (Fsp3) is 0.250. The van der Waals surface area contributed by atoms with Crippen LogP contribution in [0.3, 0.4) is 0 Å². The Morgan fingerprint density at radius 1 is 1.12 bits per heavy atom. The number of carbonyl (C=O) groups excluding carboxylic acids is 4. The molecule has 0 aliphatic heterocycles. The molecule has 4 amide bonds. The lowest BCUT2D eigenvalue weighted by Crippen LogP contribution is -2.42. The van der Waals surface area contributed by atoms with Gasteiger partial charge in [0.2, 0.25) is 0 Å². The lowest BCUT2D eigenvalue weighted by atomic mass is 10.3. The van der Waals surface area contributed by atoms with Crippen LogP contribution in [0.1, 0.15) is 15.4 Å². The summed E-state index contributed by atoms with van der Waals surface area (Å²) < 4.78 is 9.51. The molecule has 0 spiro atoms. The van der Waals surface area contributed by atoms with E-state index in [0.717, 1.165) is 4.88 Å². The molecular weight excluding hydrogens is 362 g/mol. The second kappa shape index (κ2) is 9.99. The third-order valence-corrected chi connectivity index (χ3v) is 3.93. The van der Waals surface area contributed by atoms with Crippen molar-refractivity contribution in [2.24, 2.45) is 0 Å². The van der Waals surface area contributed by atoms with Crippen LogP contribution in [0.5, 0.6) is 0 Å². The van der Waals surface area contributed by atoms with Crippen LogP contribution < -0.4 is 16.0 Å². The normalized spacial score (nSPS) is 10.0. The Hall–Kier alpha value is -3.14. The fourth-order valence-corrected chi connectivity index (χ4v) is 2.51. The molecule has 138 valence electrons. The molecule has 0 atom stereocenters. The second-order valence-electron chi connectivity index (χ2n) is 4.95. The van der Waals surface area contributed by atoms with E-state index in [2.05, 4.69) is 15.4 Å². The molecule has 0 radical (unpaired) electrons. The van der Waals surface area contributed by atoms with E-state index in [9.17, 15) is 19.2 Å². The monoisotopic (exact) mass is 379 g/mol. The highest BCUT2D eigenvalue weighted by Crippen LogP contribution is 2.07. The molecule has 2 aromatic rings. The van der Waals surface area contributed by atoms with Crippen molar-refractivity contribution in [3.63, 3.8) is 0 Å². The summed E-state index contributed by atoms with van der Waals surface area (Å²) in [7, 11) is 0. The van der Waals surface area contributed by atoms with Crippen LogP contribution in [0.2, 0.25) is 0 Å². The van der Waals surface area contributed by atoms with Gasteiger partial charge in [0.1, 0.15) is 6.54 Å². The summed E-state index contributed by atoms with van der Waals surface area (Å²) >= 11 is 1.57. The van der Waals surface area contributed by atoms with Crippen molar-refractivity contribution >= 4 is 35.2 Å². The lowest BCUT2D eigenvalue weighted by Gasteiger charge is -2.07. The van der Waals surface area contributed by atoms with E-state index >= 15 is 0 Å². The minimum atomic E-state index is -0.821. The number of hydrogen-bond donors (Lipinski definition) is 3. The zero-order valence-corrected chi connectivity index (χ0v) is 14.5. The molecule has 0 saturated carbocycles. The Bertz CT molecular complexity index is 742. The van der Waals surface area contributed by atoms with E-state index in [1.54, 1.807) is 11.3 Å². The Kier molecular flexibility index (Phi) is 7.37. The summed E-state index contributed by atoms with van der Waals surface area (Å²) in [6.45, 7) is -0.689. The number of carbonyl (C=O) groups is 4. The van der Waals surface area contributed by atoms with E-state index in [-0.39, 0.29) is 5.76 Å². The Balaban J connectivity index is 1.56. The van der Waals surface area contributed by atoms with Gasteiger partial charge < -0.3 is 19.8 Å². The first-order chi connectivity index (χ1) is 12.5. The van der Waals surface area contributed by atoms with Crippen LogP contribution in [-0.4, -0.2) is 43.5 Å². The standard InChI is InChI=1S/C16H17N3O6S/c20-13(19-16(23)17-6-5-11-3-2-8-26-11)10-25-14(21)9-18-15(22)12-4-1-7-24-12/h1-4,7-8H,5-6,9-10H2,(H,18,22)(H2,17,19,20,23). The number of hydrogen-bond acceptors (Lipinski definition) is 7. The average Bonchev–Trinajstić information content (AvgIpc) is 3.31. The zero-order valence-electron chi connectivity index (χ0n) is 13.7. The summed E-state index contributed by atoms with van der Waals surface area (Å²) in [5.41, 5.74) is 0. The maximum absolute atomic E-state index is 11.5. The van der Waals surface area contributed by atoms with Gasteiger partial charge in [-0.05, 0) is 30.0 Å². The van der Waals surface area contributed by atoms with Gasteiger partial charge in [-0.25, -0.2) is 4.79 Å². The zero-order chi connectivity index (χ0) is 18.8. The molecule has 2 rings (SSSR count). The first-order valence-corrected chi connectivity index (χ1v) is 8.50. The highest BCUT2D eigenvalue weighted by atomic mass is 32.1. The predicted octanol–water partition coefficient (Wildman–Crippen LogP) is 0.683. The third kappa shape index (κ3) is 6.77. The topological polar surface area (TPSA) is 127 Å². The van der Waals surface area contributed by atoms with Crippen molar-refractivity contribution in [2.45, 2.75) is 6.42 Å². The van der Waals surface area contributed by atoms with Crippen molar-refractivity contribution in [1.29, 1.82) is 0 Å². The smallest absolute Gasteiger partial charge is 0.325 e. The van der Waals surface area contributed by atoms with Gasteiger partial charge in [0.15, 0.2) is 12.4 Å². The summed E-state index contributed by atoms with van der Waals surface area (Å²) in [6, 6.07) is 6.15. The highest BCUT2D eigenvalue weighted by molar-refractivity contribution is 7.09. The van der Waals surface area contributed by atoms with Gasteiger partial charge in [-0.1, -0.05) is 6.07 Å². The minimum Gasteiger partial charge on any atom is -0.459 e. The molecular formula is C16H17N3O6S. The SMILES string of the molecule is O=C(COC(=O)CNC(=O)c1ccco1)NC(=O)NCCc1cccs1. The van der Waals surface area contributed by atoms with Gasteiger partial charge in [0.25, 0.3) is 11.8 Å². The lowest BCUT2D eigenvalue weighted by molar-refractivity contribution is -0.147. The van der Waals surface area contributed by atoms with Gasteiger partial charge in [-0.2, -0.15) is 0 Å². The van der Waals surface area contributed by atoms with Crippen LogP contribution in [0.4, 0.5) is 4.79 Å². The van der Waals surface area contributed by atoms with Gasteiger partial charge in [0, 0.05) is 11.4 Å². The van der Waals surface area contributed by atoms with Gasteiger partial charge >= 0.3 is 12.0 Å². The number of urea groups is 1. The number of rotatable bonds is 8. The van der Waals surface area contributed by atoms with E-state index in [1.165, 1.54) is 18.4 Å². The first-order valence-electron chi connectivity index (χ1n) is 7.62. The maximum atomic E-state index is 11.5. The largest absolute Gasteiger partial charge is 0.459 e. The predicted molar refractivity (Wildman–Crippen MR) is 91.6 cm³/mol. The molecule has 0 bridgehead atoms. The molecule has 9 nitrogen and oxygen atoms in total. The van der Waals surface area contributed by atoms with Crippen molar-refractivity contribution in [1.82, 2.24) is 16.0 Å². The van der Waals surface area contributed by atoms with Crippen molar-refractivity contribution in [3.8, 4) is 0 Å². The molecule has 0 saturated heterocycles. The molecule has 2 heterocycles. The molecule has 0 aromatic carbocycles. The number of furan rings is 1. The minimum absolute atomic E-state index is 0.0507. The van der Waals surface area contributed by atoms with Crippen molar-refractivity contribution < 1.29 is 28.3 Å². The maximum Gasteiger partial charge on any atom is 0.325 e. The Labute approximate surface area is 152 Å². The molecule has 0 aliphatic rings. The number of esters is 1. The molecule has 26 heavy (non-hydrogen) atoms. The quantitative estimate of drug-likeness (QED) is 0.579. The molecule has 3 N–H and O–H groups in total. The van der Waals surface area contributed by atoms with Crippen LogP contribution in [0.15, 0.2) is 40.3 Å². The first kappa shape index (κ1) is 19.2. The molecule has 0 fully saturated rings. The van der Waals surface area contributed by atoms with Gasteiger partial charge in [0.05, 0.1) is 6.26 Å². The van der Waals surface area contributed by atoms with Crippen LogP contribution >= 0.6 is 11.3 Å². The van der Waals surface area contributed by atoms with E-state index in [1.807, 2.05) is 22.8 Å². The number of nitrogens with one attached hydrogen (secondary N) is 3. The van der Waals surface area contributed by atoms with Crippen molar-refractivity contribution in [3.05, 3.63) is 46.5 Å². The van der Waals surface area contributed by atoms with E-state index in [4.69, 9.17) is 4.42 Å². The number of amides is 4. The van der Waals surface area contributed by atoms with Crippen LogP contribution in [0, 0.1) is 0 Å². The third-order valence-electron chi connectivity index (χ3n) is 2.99.